The topological polar surface area (TPSA) is 45.7 Å². The summed E-state index contributed by atoms with van der Waals surface area (Å²) >= 11 is 1.55. The van der Waals surface area contributed by atoms with Crippen molar-refractivity contribution in [3.05, 3.63) is 88.4 Å². The van der Waals surface area contributed by atoms with Gasteiger partial charge in [-0.1, -0.05) is 48.6 Å². The maximum atomic E-state index is 12.9. The van der Waals surface area contributed by atoms with E-state index < -0.39 is 0 Å². The van der Waals surface area contributed by atoms with Crippen LogP contribution in [0.4, 0.5) is 0 Å². The SMILES string of the molecule is O=C(c1cccc(OCc2cscn2)c1)N1CCN(C/C=C/c2ccccc2)CC1. The zero-order valence-electron chi connectivity index (χ0n) is 16.8. The zero-order chi connectivity index (χ0) is 20.6. The lowest BCUT2D eigenvalue weighted by molar-refractivity contribution is 0.0650. The van der Waals surface area contributed by atoms with Crippen LogP contribution in [0, 0.1) is 0 Å². The van der Waals surface area contributed by atoms with Crippen molar-refractivity contribution in [2.45, 2.75) is 6.61 Å². The third kappa shape index (κ3) is 5.55. The van der Waals surface area contributed by atoms with E-state index in [1.165, 1.54) is 5.56 Å². The van der Waals surface area contributed by atoms with E-state index in [0.717, 1.165) is 38.4 Å². The van der Waals surface area contributed by atoms with Crippen LogP contribution in [0.2, 0.25) is 0 Å². The molecule has 1 aromatic heterocycles. The Bertz CT molecular complexity index is 965. The van der Waals surface area contributed by atoms with Crippen molar-refractivity contribution in [3.8, 4) is 5.75 Å². The lowest BCUT2D eigenvalue weighted by Gasteiger charge is -2.34. The van der Waals surface area contributed by atoms with Gasteiger partial charge in [-0.3, -0.25) is 9.69 Å². The number of ether oxygens (including phenoxy) is 1. The molecule has 1 saturated heterocycles. The summed E-state index contributed by atoms with van der Waals surface area (Å²) in [6.07, 6.45) is 4.34. The quantitative estimate of drug-likeness (QED) is 0.576. The number of rotatable bonds is 7. The van der Waals surface area contributed by atoms with Crippen LogP contribution in [-0.2, 0) is 6.61 Å². The molecule has 1 fully saturated rings. The smallest absolute Gasteiger partial charge is 0.254 e. The van der Waals surface area contributed by atoms with E-state index in [4.69, 9.17) is 4.74 Å². The summed E-state index contributed by atoms with van der Waals surface area (Å²) in [6, 6.07) is 17.7. The number of amides is 1. The van der Waals surface area contributed by atoms with Gasteiger partial charge in [0.05, 0.1) is 11.2 Å². The molecule has 2 heterocycles. The van der Waals surface area contributed by atoms with Crippen LogP contribution >= 0.6 is 11.3 Å². The molecule has 6 heteroatoms. The van der Waals surface area contributed by atoms with Crippen LogP contribution in [0.5, 0.6) is 5.75 Å². The molecule has 3 aromatic rings. The van der Waals surface area contributed by atoms with Gasteiger partial charge in [0, 0.05) is 43.7 Å². The van der Waals surface area contributed by atoms with Crippen LogP contribution in [0.25, 0.3) is 6.08 Å². The fourth-order valence-corrected chi connectivity index (χ4v) is 3.95. The van der Waals surface area contributed by atoms with Crippen molar-refractivity contribution >= 4 is 23.3 Å². The van der Waals surface area contributed by atoms with E-state index in [9.17, 15) is 4.79 Å². The molecular weight excluding hydrogens is 394 g/mol. The number of carbonyl (C=O) groups is 1. The fourth-order valence-electron chi connectivity index (χ4n) is 3.40. The third-order valence-electron chi connectivity index (χ3n) is 5.08. The van der Waals surface area contributed by atoms with Crippen molar-refractivity contribution in [1.29, 1.82) is 0 Å². The van der Waals surface area contributed by atoms with E-state index in [-0.39, 0.29) is 5.91 Å². The highest BCUT2D eigenvalue weighted by Crippen LogP contribution is 2.17. The van der Waals surface area contributed by atoms with E-state index in [0.29, 0.717) is 17.9 Å². The normalized spacial score (nSPS) is 14.9. The molecule has 2 aromatic carbocycles. The molecule has 0 spiro atoms. The highest BCUT2D eigenvalue weighted by atomic mass is 32.1. The van der Waals surface area contributed by atoms with Gasteiger partial charge in [-0.05, 0) is 23.8 Å². The summed E-state index contributed by atoms with van der Waals surface area (Å²) < 4.78 is 5.78. The number of piperazine rings is 1. The Labute approximate surface area is 181 Å². The number of aromatic nitrogens is 1. The van der Waals surface area contributed by atoms with Gasteiger partial charge in [0.1, 0.15) is 12.4 Å². The standard InChI is InChI=1S/C24H25N3O2S/c28-24(21-9-4-10-23(16-21)29-17-22-18-30-19-25-22)27-14-12-26(13-15-27)11-5-8-20-6-2-1-3-7-20/h1-10,16,18-19H,11-15,17H2/b8-5+. The minimum atomic E-state index is 0.0635. The maximum Gasteiger partial charge on any atom is 0.254 e. The minimum Gasteiger partial charge on any atom is -0.487 e. The van der Waals surface area contributed by atoms with Crippen LogP contribution in [0.1, 0.15) is 21.6 Å². The molecule has 30 heavy (non-hydrogen) atoms. The first kappa shape index (κ1) is 20.3. The lowest BCUT2D eigenvalue weighted by atomic mass is 10.1. The summed E-state index contributed by atoms with van der Waals surface area (Å²) in [7, 11) is 0. The van der Waals surface area contributed by atoms with Gasteiger partial charge in [0.25, 0.3) is 5.91 Å². The predicted molar refractivity (Wildman–Crippen MR) is 121 cm³/mol. The van der Waals surface area contributed by atoms with Crippen molar-refractivity contribution < 1.29 is 9.53 Å². The summed E-state index contributed by atoms with van der Waals surface area (Å²) in [4.78, 5) is 21.4. The predicted octanol–water partition coefficient (Wildman–Crippen LogP) is 4.19. The summed E-state index contributed by atoms with van der Waals surface area (Å²) in [5.41, 5.74) is 4.57. The van der Waals surface area contributed by atoms with Crippen molar-refractivity contribution in [2.75, 3.05) is 32.7 Å². The van der Waals surface area contributed by atoms with Crippen LogP contribution in [-0.4, -0.2) is 53.4 Å². The maximum absolute atomic E-state index is 12.9. The molecule has 0 atom stereocenters. The average molecular weight is 420 g/mol. The van der Waals surface area contributed by atoms with Crippen LogP contribution in [0.15, 0.2) is 71.6 Å². The first-order valence-electron chi connectivity index (χ1n) is 10.1. The Kier molecular flexibility index (Phi) is 6.90. The van der Waals surface area contributed by atoms with Crippen molar-refractivity contribution in [3.63, 3.8) is 0 Å². The number of nitrogens with zero attached hydrogens (tertiary/aromatic N) is 3. The van der Waals surface area contributed by atoms with Gasteiger partial charge < -0.3 is 9.64 Å². The molecule has 0 aliphatic carbocycles. The van der Waals surface area contributed by atoms with E-state index in [1.54, 1.807) is 16.8 Å². The molecular formula is C24H25N3O2S. The lowest BCUT2D eigenvalue weighted by Crippen LogP contribution is -2.48. The van der Waals surface area contributed by atoms with E-state index in [1.807, 2.05) is 52.7 Å². The Balaban J connectivity index is 1.26. The second-order valence-corrected chi connectivity index (χ2v) is 7.92. The van der Waals surface area contributed by atoms with Gasteiger partial charge in [0.2, 0.25) is 0 Å². The molecule has 0 bridgehead atoms. The fraction of sp³-hybridized carbons (Fsp3) is 0.250. The van der Waals surface area contributed by atoms with Crippen molar-refractivity contribution in [2.24, 2.45) is 0 Å². The third-order valence-corrected chi connectivity index (χ3v) is 5.72. The van der Waals surface area contributed by atoms with Gasteiger partial charge in [0.15, 0.2) is 0 Å². The van der Waals surface area contributed by atoms with Gasteiger partial charge in [-0.2, -0.15) is 0 Å². The molecule has 1 amide bonds. The highest BCUT2D eigenvalue weighted by molar-refractivity contribution is 7.07. The number of hydrogen-bond acceptors (Lipinski definition) is 5. The molecule has 0 N–H and O–H groups in total. The van der Waals surface area contributed by atoms with Crippen molar-refractivity contribution in [1.82, 2.24) is 14.8 Å². The molecule has 5 nitrogen and oxygen atoms in total. The first-order valence-corrected chi connectivity index (χ1v) is 11.1. The Hall–Kier alpha value is -2.96. The van der Waals surface area contributed by atoms with E-state index >= 15 is 0 Å². The average Bonchev–Trinajstić information content (AvgIpc) is 3.32. The monoisotopic (exact) mass is 419 g/mol. The largest absolute Gasteiger partial charge is 0.487 e. The number of thiazole rings is 1. The molecule has 0 unspecified atom stereocenters. The minimum absolute atomic E-state index is 0.0635. The second-order valence-electron chi connectivity index (χ2n) is 7.20. The molecule has 1 aliphatic rings. The number of carbonyl (C=O) groups excluding carboxylic acids is 1. The second kappa shape index (κ2) is 10.2. The zero-order valence-corrected chi connectivity index (χ0v) is 17.6. The Morgan fingerprint density at radius 3 is 2.67 bits per heavy atom. The molecule has 1 aliphatic heterocycles. The Morgan fingerprint density at radius 2 is 1.90 bits per heavy atom. The van der Waals surface area contributed by atoms with Gasteiger partial charge in [-0.15, -0.1) is 11.3 Å². The molecule has 154 valence electrons. The first-order chi connectivity index (χ1) is 14.8. The summed E-state index contributed by atoms with van der Waals surface area (Å²) in [5, 5.41) is 1.96. The van der Waals surface area contributed by atoms with Gasteiger partial charge >= 0.3 is 0 Å². The summed E-state index contributed by atoms with van der Waals surface area (Å²) in [5.74, 6) is 0.757. The Morgan fingerprint density at radius 1 is 1.07 bits per heavy atom. The van der Waals surface area contributed by atoms with Crippen LogP contribution in [0.3, 0.4) is 0 Å². The van der Waals surface area contributed by atoms with E-state index in [2.05, 4.69) is 34.2 Å². The number of hydrogen-bond donors (Lipinski definition) is 0. The summed E-state index contributed by atoms with van der Waals surface area (Å²) in [6.45, 7) is 4.55. The molecule has 4 rings (SSSR count). The van der Waals surface area contributed by atoms with Gasteiger partial charge in [-0.25, -0.2) is 4.98 Å². The number of benzene rings is 2. The molecule has 0 saturated carbocycles. The van der Waals surface area contributed by atoms with Crippen LogP contribution < -0.4 is 4.74 Å². The molecule has 0 radical (unpaired) electrons. The highest BCUT2D eigenvalue weighted by Gasteiger charge is 2.21.